The summed E-state index contributed by atoms with van der Waals surface area (Å²) < 4.78 is 2.95. The van der Waals surface area contributed by atoms with Crippen LogP contribution in [0.4, 0.5) is 17.1 Å². The minimum atomic E-state index is -0.410. The minimum absolute atomic E-state index is 0.281. The number of benzene rings is 8. The average Bonchev–Trinajstić information content (AvgIpc) is 3.70. The molecule has 0 bridgehead atoms. The monoisotopic (exact) mass is 689 g/mol. The summed E-state index contributed by atoms with van der Waals surface area (Å²) in [5, 5.41) is 5.44. The molecule has 0 aliphatic heterocycles. The maximum absolute atomic E-state index is 2.41. The Balaban J connectivity index is 1.16. The molecule has 1 heterocycles. The van der Waals surface area contributed by atoms with Crippen LogP contribution in [0.5, 0.6) is 0 Å². The van der Waals surface area contributed by atoms with Gasteiger partial charge in [-0.2, -0.15) is 0 Å². The third kappa shape index (κ3) is 4.25. The molecule has 49 heavy (non-hydrogen) atoms. The standard InChI is InChI=1S/C47H31NSe/c1-3-14-33(15-4-1)47(43-21-11-9-19-39(43)40-20-10-12-22-44(40)47)34-24-26-36(27-25-34)48(35-16-5-2-6-17-35)37-28-30-45-42(31-37)41-29-23-32-13-7-8-18-38(32)46(41)49-45/h1-31H. The maximum atomic E-state index is 2.41. The van der Waals surface area contributed by atoms with Crippen molar-refractivity contribution in [2.75, 3.05) is 4.90 Å². The zero-order valence-corrected chi connectivity index (χ0v) is 28.5. The Morgan fingerprint density at radius 1 is 0.388 bits per heavy atom. The van der Waals surface area contributed by atoms with Crippen LogP contribution < -0.4 is 4.90 Å². The van der Waals surface area contributed by atoms with Gasteiger partial charge in [0.05, 0.1) is 0 Å². The first-order valence-electron chi connectivity index (χ1n) is 16.9. The Labute approximate surface area is 292 Å². The Hall–Kier alpha value is -5.66. The number of nitrogens with zero attached hydrogens (tertiary/aromatic N) is 1. The number of hydrogen-bond donors (Lipinski definition) is 0. The van der Waals surface area contributed by atoms with Crippen LogP contribution in [-0.4, -0.2) is 14.5 Å². The van der Waals surface area contributed by atoms with Gasteiger partial charge in [-0.15, -0.1) is 0 Å². The van der Waals surface area contributed by atoms with Crippen molar-refractivity contribution in [3.63, 3.8) is 0 Å². The molecule has 0 spiro atoms. The van der Waals surface area contributed by atoms with Crippen LogP contribution in [0, 0.1) is 0 Å². The van der Waals surface area contributed by atoms with Crippen molar-refractivity contribution in [1.82, 2.24) is 0 Å². The van der Waals surface area contributed by atoms with Crippen molar-refractivity contribution in [2.24, 2.45) is 0 Å². The number of fused-ring (bicyclic) bond motifs is 8. The summed E-state index contributed by atoms with van der Waals surface area (Å²) in [4.78, 5) is 2.40. The van der Waals surface area contributed by atoms with Crippen molar-refractivity contribution < 1.29 is 0 Å². The molecule has 0 saturated heterocycles. The van der Waals surface area contributed by atoms with Gasteiger partial charge >= 0.3 is 239 Å². The Kier molecular flexibility index (Phi) is 6.49. The third-order valence-electron chi connectivity index (χ3n) is 10.3. The second kappa shape index (κ2) is 11.2. The van der Waals surface area contributed by atoms with Crippen molar-refractivity contribution in [3.05, 3.63) is 210 Å². The van der Waals surface area contributed by atoms with E-state index in [2.05, 4.69) is 193 Å². The molecule has 8 aromatic carbocycles. The van der Waals surface area contributed by atoms with Crippen LogP contribution >= 0.6 is 0 Å². The normalized spacial score (nSPS) is 13.1. The molecule has 1 aliphatic carbocycles. The fourth-order valence-electron chi connectivity index (χ4n) is 8.23. The Morgan fingerprint density at radius 2 is 0.959 bits per heavy atom. The van der Waals surface area contributed by atoms with Crippen LogP contribution in [0.3, 0.4) is 0 Å². The second-order valence-corrected chi connectivity index (χ2v) is 15.1. The van der Waals surface area contributed by atoms with Gasteiger partial charge < -0.3 is 0 Å². The van der Waals surface area contributed by atoms with Crippen LogP contribution in [0.25, 0.3) is 41.2 Å². The summed E-state index contributed by atoms with van der Waals surface area (Å²) in [6, 6.07) is 69.5. The van der Waals surface area contributed by atoms with Gasteiger partial charge in [-0.05, 0) is 0 Å². The first-order chi connectivity index (χ1) is 24.3. The number of anilines is 3. The van der Waals surface area contributed by atoms with Crippen LogP contribution in [0.2, 0.25) is 0 Å². The molecule has 0 N–H and O–H groups in total. The van der Waals surface area contributed by atoms with Crippen LogP contribution in [-0.2, 0) is 5.41 Å². The zero-order valence-electron chi connectivity index (χ0n) is 26.8. The molecule has 1 nitrogen and oxygen atoms in total. The number of rotatable bonds is 5. The number of para-hydroxylation sites is 1. The van der Waals surface area contributed by atoms with E-state index in [1.54, 1.807) is 0 Å². The molecular formula is C47H31NSe. The van der Waals surface area contributed by atoms with Crippen molar-refractivity contribution >= 4 is 61.6 Å². The molecule has 1 aromatic heterocycles. The molecule has 1 aliphatic rings. The second-order valence-electron chi connectivity index (χ2n) is 12.9. The topological polar surface area (TPSA) is 3.24 Å². The van der Waals surface area contributed by atoms with E-state index in [-0.39, 0.29) is 14.5 Å². The summed E-state index contributed by atoms with van der Waals surface area (Å²) in [5.74, 6) is 0. The third-order valence-corrected chi connectivity index (χ3v) is 12.9. The van der Waals surface area contributed by atoms with E-state index in [0.29, 0.717) is 0 Å². The van der Waals surface area contributed by atoms with Crippen molar-refractivity contribution in [3.8, 4) is 11.1 Å². The summed E-state index contributed by atoms with van der Waals surface area (Å²) >= 11 is 0.281. The van der Waals surface area contributed by atoms with Gasteiger partial charge in [0, 0.05) is 0 Å². The molecular weight excluding hydrogens is 657 g/mol. The van der Waals surface area contributed by atoms with Gasteiger partial charge in [-0.25, -0.2) is 0 Å². The SMILES string of the molecule is c1ccc(N(c2ccc(C3(c4ccccc4)c4ccccc4-c4ccccc43)cc2)c2ccc3[se]c4c5ccccc5ccc4c3c2)cc1. The van der Waals surface area contributed by atoms with Crippen molar-refractivity contribution in [1.29, 1.82) is 0 Å². The molecule has 0 atom stereocenters. The van der Waals surface area contributed by atoms with E-state index in [9.17, 15) is 0 Å². The predicted octanol–water partition coefficient (Wildman–Crippen LogP) is 12.0. The molecule has 0 amide bonds. The van der Waals surface area contributed by atoms with E-state index in [0.717, 1.165) is 11.4 Å². The first kappa shape index (κ1) is 28.4. The zero-order chi connectivity index (χ0) is 32.4. The molecule has 0 unspecified atom stereocenters. The molecule has 2 heteroatoms. The van der Waals surface area contributed by atoms with E-state index in [4.69, 9.17) is 0 Å². The van der Waals surface area contributed by atoms with Gasteiger partial charge in [0.1, 0.15) is 0 Å². The molecule has 9 aromatic rings. The van der Waals surface area contributed by atoms with E-state index < -0.39 is 5.41 Å². The summed E-state index contributed by atoms with van der Waals surface area (Å²) in [6.45, 7) is 0. The van der Waals surface area contributed by atoms with Gasteiger partial charge in [-0.1, -0.05) is 54.6 Å². The molecule has 230 valence electrons. The fourth-order valence-corrected chi connectivity index (χ4v) is 10.8. The Bertz CT molecular complexity index is 2610. The van der Waals surface area contributed by atoms with E-state index in [1.165, 1.54) is 69.1 Å². The predicted molar refractivity (Wildman–Crippen MR) is 208 cm³/mol. The summed E-state index contributed by atoms with van der Waals surface area (Å²) in [7, 11) is 0. The molecule has 0 saturated carbocycles. The van der Waals surface area contributed by atoms with Crippen LogP contribution in [0.1, 0.15) is 22.3 Å². The molecule has 0 fully saturated rings. The summed E-state index contributed by atoms with van der Waals surface area (Å²) in [5.41, 5.74) is 10.9. The van der Waals surface area contributed by atoms with Crippen LogP contribution in [0.15, 0.2) is 188 Å². The van der Waals surface area contributed by atoms with E-state index >= 15 is 0 Å². The van der Waals surface area contributed by atoms with Gasteiger partial charge in [-0.3, -0.25) is 0 Å². The summed E-state index contributed by atoms with van der Waals surface area (Å²) in [6.07, 6.45) is 0. The number of hydrogen-bond acceptors (Lipinski definition) is 1. The van der Waals surface area contributed by atoms with Gasteiger partial charge in [0.15, 0.2) is 0 Å². The van der Waals surface area contributed by atoms with E-state index in [1.807, 2.05) is 0 Å². The van der Waals surface area contributed by atoms with Crippen molar-refractivity contribution in [2.45, 2.75) is 5.41 Å². The van der Waals surface area contributed by atoms with Gasteiger partial charge in [0.2, 0.25) is 0 Å². The average molecular weight is 689 g/mol. The Morgan fingerprint density at radius 3 is 1.69 bits per heavy atom. The van der Waals surface area contributed by atoms with Gasteiger partial charge in [0.25, 0.3) is 0 Å². The fraction of sp³-hybridized carbons (Fsp3) is 0.0213. The molecule has 0 radical (unpaired) electrons. The molecule has 10 rings (SSSR count). The first-order valence-corrected chi connectivity index (χ1v) is 18.6. The quantitative estimate of drug-likeness (QED) is 0.163.